The van der Waals surface area contributed by atoms with Gasteiger partial charge in [-0.2, -0.15) is 0 Å². The third-order valence-corrected chi connectivity index (χ3v) is 2.82. The van der Waals surface area contributed by atoms with Crippen LogP contribution in [0.2, 0.25) is 5.02 Å². The van der Waals surface area contributed by atoms with E-state index in [0.717, 1.165) is 11.4 Å². The van der Waals surface area contributed by atoms with E-state index in [9.17, 15) is 4.79 Å². The summed E-state index contributed by atoms with van der Waals surface area (Å²) in [6, 6.07) is 5.25. The summed E-state index contributed by atoms with van der Waals surface area (Å²) in [6.07, 6.45) is 3.98. The normalized spacial score (nSPS) is 10.3. The second-order valence-electron chi connectivity index (χ2n) is 4.06. The molecular formula is C14H15ClN2O3. The summed E-state index contributed by atoms with van der Waals surface area (Å²) in [4.78, 5) is 18.5. The molecule has 0 unspecified atom stereocenters. The monoisotopic (exact) mass is 294 g/mol. The first kappa shape index (κ1) is 14.4. The number of halogens is 1. The van der Waals surface area contributed by atoms with Crippen LogP contribution >= 0.6 is 11.6 Å². The highest BCUT2D eigenvalue weighted by Gasteiger charge is 2.10. The van der Waals surface area contributed by atoms with Gasteiger partial charge in [0.05, 0.1) is 6.61 Å². The van der Waals surface area contributed by atoms with Crippen LogP contribution in [0.5, 0.6) is 5.75 Å². The standard InChI is InChI=1S/C14H15ClN2O3/c1-2-19-14(18)9-20-12-4-3-11(15)7-10(12)8-13-16-5-6-17-13/h3-7H,2,8-9H2,1H3,(H,16,17). The molecule has 0 bridgehead atoms. The first-order valence-corrected chi connectivity index (χ1v) is 6.62. The molecule has 1 N–H and O–H groups in total. The van der Waals surface area contributed by atoms with Crippen molar-refractivity contribution >= 4 is 17.6 Å². The molecule has 6 heteroatoms. The summed E-state index contributed by atoms with van der Waals surface area (Å²) in [7, 11) is 0. The van der Waals surface area contributed by atoms with Crippen molar-refractivity contribution < 1.29 is 14.3 Å². The molecule has 2 rings (SSSR count). The molecule has 106 valence electrons. The minimum Gasteiger partial charge on any atom is -0.482 e. The van der Waals surface area contributed by atoms with Gasteiger partial charge in [0, 0.05) is 29.4 Å². The van der Waals surface area contributed by atoms with Gasteiger partial charge in [-0.3, -0.25) is 0 Å². The van der Waals surface area contributed by atoms with E-state index in [2.05, 4.69) is 9.97 Å². The molecule has 1 aromatic heterocycles. The average Bonchev–Trinajstić information content (AvgIpc) is 2.91. The number of nitrogens with zero attached hydrogens (tertiary/aromatic N) is 1. The highest BCUT2D eigenvalue weighted by Crippen LogP contribution is 2.24. The number of nitrogens with one attached hydrogen (secondary N) is 1. The molecule has 0 aliphatic heterocycles. The molecule has 1 heterocycles. The molecule has 0 spiro atoms. The van der Waals surface area contributed by atoms with Crippen molar-refractivity contribution in [3.63, 3.8) is 0 Å². The number of aromatic amines is 1. The van der Waals surface area contributed by atoms with Crippen molar-refractivity contribution in [3.8, 4) is 5.75 Å². The quantitative estimate of drug-likeness (QED) is 0.832. The maximum Gasteiger partial charge on any atom is 0.344 e. The highest BCUT2D eigenvalue weighted by atomic mass is 35.5. The van der Waals surface area contributed by atoms with Gasteiger partial charge in [0.15, 0.2) is 6.61 Å². The predicted molar refractivity (Wildman–Crippen MR) is 75.0 cm³/mol. The number of H-pyrrole nitrogens is 1. The molecule has 0 saturated carbocycles. The number of aromatic nitrogens is 2. The average molecular weight is 295 g/mol. The molecule has 0 fully saturated rings. The number of ether oxygens (including phenoxy) is 2. The van der Waals surface area contributed by atoms with Crippen molar-refractivity contribution in [1.29, 1.82) is 0 Å². The molecule has 1 aromatic carbocycles. The number of carbonyl (C=O) groups excluding carboxylic acids is 1. The molecule has 0 radical (unpaired) electrons. The summed E-state index contributed by atoms with van der Waals surface area (Å²) in [5.74, 6) is 0.999. The lowest BCUT2D eigenvalue weighted by atomic mass is 10.1. The third kappa shape index (κ3) is 3.99. The molecule has 20 heavy (non-hydrogen) atoms. The van der Waals surface area contributed by atoms with E-state index < -0.39 is 5.97 Å². The second-order valence-corrected chi connectivity index (χ2v) is 4.49. The fourth-order valence-electron chi connectivity index (χ4n) is 1.74. The summed E-state index contributed by atoms with van der Waals surface area (Å²) < 4.78 is 10.3. The Morgan fingerprint density at radius 2 is 2.30 bits per heavy atom. The Hall–Kier alpha value is -2.01. The summed E-state index contributed by atoms with van der Waals surface area (Å²) in [5, 5.41) is 0.607. The van der Waals surface area contributed by atoms with E-state index in [1.807, 2.05) is 0 Å². The Kier molecular flexibility index (Phi) is 5.01. The topological polar surface area (TPSA) is 64.2 Å². The zero-order valence-corrected chi connectivity index (χ0v) is 11.8. The number of hydrogen-bond acceptors (Lipinski definition) is 4. The van der Waals surface area contributed by atoms with E-state index in [4.69, 9.17) is 21.1 Å². The van der Waals surface area contributed by atoms with Crippen LogP contribution in [0.4, 0.5) is 0 Å². The van der Waals surface area contributed by atoms with Crippen LogP contribution in [-0.4, -0.2) is 29.2 Å². The van der Waals surface area contributed by atoms with E-state index in [-0.39, 0.29) is 6.61 Å². The predicted octanol–water partition coefficient (Wildman–Crippen LogP) is 2.60. The van der Waals surface area contributed by atoms with Gasteiger partial charge in [-0.15, -0.1) is 0 Å². The first-order valence-electron chi connectivity index (χ1n) is 6.24. The molecule has 0 amide bonds. The van der Waals surface area contributed by atoms with Gasteiger partial charge < -0.3 is 14.5 Å². The van der Waals surface area contributed by atoms with Gasteiger partial charge >= 0.3 is 5.97 Å². The minimum absolute atomic E-state index is 0.124. The summed E-state index contributed by atoms with van der Waals surface area (Å²) >= 11 is 5.99. The lowest BCUT2D eigenvalue weighted by Gasteiger charge is -2.10. The zero-order valence-electron chi connectivity index (χ0n) is 11.1. The zero-order chi connectivity index (χ0) is 14.4. The van der Waals surface area contributed by atoms with E-state index in [0.29, 0.717) is 23.8 Å². The maximum atomic E-state index is 11.3. The molecule has 0 saturated heterocycles. The third-order valence-electron chi connectivity index (χ3n) is 2.59. The number of imidazole rings is 1. The fraction of sp³-hybridized carbons (Fsp3) is 0.286. The molecule has 0 aliphatic rings. The highest BCUT2D eigenvalue weighted by molar-refractivity contribution is 6.30. The fourth-order valence-corrected chi connectivity index (χ4v) is 1.94. The Morgan fingerprint density at radius 1 is 1.45 bits per heavy atom. The summed E-state index contributed by atoms with van der Waals surface area (Å²) in [5.41, 5.74) is 0.858. The van der Waals surface area contributed by atoms with Gasteiger partial charge in [0.1, 0.15) is 11.6 Å². The molecule has 5 nitrogen and oxygen atoms in total. The van der Waals surface area contributed by atoms with Crippen molar-refractivity contribution in [3.05, 3.63) is 47.0 Å². The van der Waals surface area contributed by atoms with Gasteiger partial charge in [-0.1, -0.05) is 11.6 Å². The number of rotatable bonds is 6. The Labute approximate surface area is 121 Å². The van der Waals surface area contributed by atoms with Crippen LogP contribution in [0.1, 0.15) is 18.3 Å². The van der Waals surface area contributed by atoms with Crippen molar-refractivity contribution in [2.45, 2.75) is 13.3 Å². The second kappa shape index (κ2) is 6.96. The smallest absolute Gasteiger partial charge is 0.344 e. The Balaban J connectivity index is 2.09. The SMILES string of the molecule is CCOC(=O)COc1ccc(Cl)cc1Cc1ncc[nH]1. The molecule has 2 aromatic rings. The Morgan fingerprint density at radius 3 is 3.00 bits per heavy atom. The van der Waals surface area contributed by atoms with Crippen LogP contribution < -0.4 is 4.74 Å². The largest absolute Gasteiger partial charge is 0.482 e. The lowest BCUT2D eigenvalue weighted by Crippen LogP contribution is -2.15. The molecular weight excluding hydrogens is 280 g/mol. The van der Waals surface area contributed by atoms with Crippen molar-refractivity contribution in [2.75, 3.05) is 13.2 Å². The minimum atomic E-state index is -0.397. The van der Waals surface area contributed by atoms with Gasteiger partial charge in [0.2, 0.25) is 0 Å². The first-order chi connectivity index (χ1) is 9.69. The molecule has 0 atom stereocenters. The van der Waals surface area contributed by atoms with Gasteiger partial charge in [0.25, 0.3) is 0 Å². The maximum absolute atomic E-state index is 11.3. The van der Waals surface area contributed by atoms with Gasteiger partial charge in [-0.05, 0) is 25.1 Å². The number of carbonyl (C=O) groups is 1. The number of hydrogen-bond donors (Lipinski definition) is 1. The van der Waals surface area contributed by atoms with Crippen molar-refractivity contribution in [2.24, 2.45) is 0 Å². The van der Waals surface area contributed by atoms with Crippen molar-refractivity contribution in [1.82, 2.24) is 9.97 Å². The van der Waals surface area contributed by atoms with Crippen LogP contribution in [0.15, 0.2) is 30.6 Å². The van der Waals surface area contributed by atoms with E-state index >= 15 is 0 Å². The lowest BCUT2D eigenvalue weighted by molar-refractivity contribution is -0.145. The summed E-state index contributed by atoms with van der Waals surface area (Å²) in [6.45, 7) is 1.96. The van der Waals surface area contributed by atoms with Crippen LogP contribution in [-0.2, 0) is 16.0 Å². The van der Waals surface area contributed by atoms with Crippen LogP contribution in [0.25, 0.3) is 0 Å². The molecule has 0 aliphatic carbocycles. The van der Waals surface area contributed by atoms with Crippen LogP contribution in [0, 0.1) is 0 Å². The van der Waals surface area contributed by atoms with E-state index in [1.54, 1.807) is 37.5 Å². The Bertz CT molecular complexity index is 570. The number of esters is 1. The van der Waals surface area contributed by atoms with Gasteiger partial charge in [-0.25, -0.2) is 9.78 Å². The van der Waals surface area contributed by atoms with Crippen LogP contribution in [0.3, 0.4) is 0 Å². The van der Waals surface area contributed by atoms with E-state index in [1.165, 1.54) is 0 Å². The number of benzene rings is 1.